The van der Waals surface area contributed by atoms with Gasteiger partial charge in [-0.15, -0.1) is 0 Å². The Morgan fingerprint density at radius 1 is 1.33 bits per heavy atom. The Morgan fingerprint density at radius 3 is 2.57 bits per heavy atom. The highest BCUT2D eigenvalue weighted by Gasteiger charge is 2.17. The van der Waals surface area contributed by atoms with Crippen LogP contribution in [0.5, 0.6) is 5.75 Å². The molecular formula is C16H25FN2O2. The standard InChI is InChI=1S/C16H25FN2O2/c1-10(2)9-19-16(20)12(4)21-15-6-5-14(17)8-13(15)7-11(3)18/h5-6,8,10-12H,7,9,18H2,1-4H3,(H,19,20). The zero-order valence-electron chi connectivity index (χ0n) is 13.2. The molecule has 0 aliphatic heterocycles. The van der Waals surface area contributed by atoms with Gasteiger partial charge in [0.15, 0.2) is 6.10 Å². The minimum Gasteiger partial charge on any atom is -0.481 e. The quantitative estimate of drug-likeness (QED) is 0.811. The molecule has 118 valence electrons. The SMILES string of the molecule is CC(C)CNC(=O)C(C)Oc1ccc(F)cc1CC(C)N. The molecule has 2 atom stereocenters. The Hall–Kier alpha value is -1.62. The van der Waals surface area contributed by atoms with Gasteiger partial charge >= 0.3 is 0 Å². The van der Waals surface area contributed by atoms with Crippen LogP contribution in [0.25, 0.3) is 0 Å². The topological polar surface area (TPSA) is 64.3 Å². The van der Waals surface area contributed by atoms with Crippen LogP contribution in [-0.4, -0.2) is 24.6 Å². The molecule has 5 heteroatoms. The largest absolute Gasteiger partial charge is 0.481 e. The van der Waals surface area contributed by atoms with E-state index in [2.05, 4.69) is 5.32 Å². The van der Waals surface area contributed by atoms with Crippen molar-refractivity contribution < 1.29 is 13.9 Å². The third-order valence-electron chi connectivity index (χ3n) is 2.92. The summed E-state index contributed by atoms with van der Waals surface area (Å²) in [5, 5.41) is 2.81. The zero-order chi connectivity index (χ0) is 16.0. The number of benzene rings is 1. The van der Waals surface area contributed by atoms with E-state index in [-0.39, 0.29) is 17.8 Å². The molecule has 1 rings (SSSR count). The number of hydrogen-bond acceptors (Lipinski definition) is 3. The first-order valence-corrected chi connectivity index (χ1v) is 7.28. The maximum Gasteiger partial charge on any atom is 0.260 e. The molecule has 1 aromatic rings. The van der Waals surface area contributed by atoms with E-state index in [0.29, 0.717) is 30.2 Å². The molecule has 0 fully saturated rings. The second-order valence-electron chi connectivity index (χ2n) is 5.83. The van der Waals surface area contributed by atoms with Gasteiger partial charge in [0, 0.05) is 12.6 Å². The molecule has 2 unspecified atom stereocenters. The Labute approximate surface area is 125 Å². The highest BCUT2D eigenvalue weighted by Crippen LogP contribution is 2.22. The van der Waals surface area contributed by atoms with Gasteiger partial charge in [-0.25, -0.2) is 4.39 Å². The van der Waals surface area contributed by atoms with Crippen LogP contribution in [0, 0.1) is 11.7 Å². The highest BCUT2D eigenvalue weighted by molar-refractivity contribution is 5.80. The van der Waals surface area contributed by atoms with Crippen LogP contribution in [-0.2, 0) is 11.2 Å². The monoisotopic (exact) mass is 296 g/mol. The molecule has 0 saturated heterocycles. The van der Waals surface area contributed by atoms with Gasteiger partial charge in [0.1, 0.15) is 11.6 Å². The molecule has 3 N–H and O–H groups in total. The lowest BCUT2D eigenvalue weighted by atomic mass is 10.1. The molecule has 4 nitrogen and oxygen atoms in total. The number of amides is 1. The number of rotatable bonds is 7. The van der Waals surface area contributed by atoms with Crippen molar-refractivity contribution in [1.29, 1.82) is 0 Å². The van der Waals surface area contributed by atoms with Gasteiger partial charge in [-0.1, -0.05) is 13.8 Å². The van der Waals surface area contributed by atoms with Gasteiger partial charge in [-0.05, 0) is 49.9 Å². The second kappa shape index (κ2) is 7.98. The first kappa shape index (κ1) is 17.4. The third-order valence-corrected chi connectivity index (χ3v) is 2.92. The maximum atomic E-state index is 13.3. The first-order chi connectivity index (χ1) is 9.79. The minimum atomic E-state index is -0.638. The number of carbonyl (C=O) groups excluding carboxylic acids is 1. The predicted molar refractivity (Wildman–Crippen MR) is 81.7 cm³/mol. The summed E-state index contributed by atoms with van der Waals surface area (Å²) in [6, 6.07) is 4.15. The summed E-state index contributed by atoms with van der Waals surface area (Å²) in [4.78, 5) is 11.9. The van der Waals surface area contributed by atoms with E-state index in [0.717, 1.165) is 0 Å². The van der Waals surface area contributed by atoms with E-state index in [4.69, 9.17) is 10.5 Å². The van der Waals surface area contributed by atoms with Gasteiger partial charge in [0.2, 0.25) is 0 Å². The van der Waals surface area contributed by atoms with Crippen molar-refractivity contribution in [1.82, 2.24) is 5.32 Å². The molecule has 0 spiro atoms. The lowest BCUT2D eigenvalue weighted by Gasteiger charge is -2.18. The van der Waals surface area contributed by atoms with E-state index in [1.165, 1.54) is 12.1 Å². The molecule has 0 bridgehead atoms. The fourth-order valence-electron chi connectivity index (χ4n) is 1.86. The summed E-state index contributed by atoms with van der Waals surface area (Å²) in [6.45, 7) is 8.16. The number of nitrogens with two attached hydrogens (primary N) is 1. The van der Waals surface area contributed by atoms with Crippen LogP contribution in [0.15, 0.2) is 18.2 Å². The van der Waals surface area contributed by atoms with E-state index in [9.17, 15) is 9.18 Å². The summed E-state index contributed by atoms with van der Waals surface area (Å²) in [6.07, 6.45) is -0.144. The van der Waals surface area contributed by atoms with Crippen molar-refractivity contribution in [2.45, 2.75) is 46.3 Å². The van der Waals surface area contributed by atoms with Crippen LogP contribution < -0.4 is 15.8 Å². The number of halogens is 1. The lowest BCUT2D eigenvalue weighted by molar-refractivity contribution is -0.127. The van der Waals surface area contributed by atoms with E-state index in [1.807, 2.05) is 20.8 Å². The molecule has 1 amide bonds. The Bertz CT molecular complexity index is 475. The van der Waals surface area contributed by atoms with Crippen molar-refractivity contribution in [2.24, 2.45) is 11.7 Å². The van der Waals surface area contributed by atoms with Crippen LogP contribution in [0.2, 0.25) is 0 Å². The predicted octanol–water partition coefficient (Wildman–Crippen LogP) is 2.25. The molecule has 0 aromatic heterocycles. The van der Waals surface area contributed by atoms with Crippen molar-refractivity contribution in [3.8, 4) is 5.75 Å². The molecule has 0 aliphatic carbocycles. The van der Waals surface area contributed by atoms with E-state index < -0.39 is 6.10 Å². The second-order valence-corrected chi connectivity index (χ2v) is 5.83. The first-order valence-electron chi connectivity index (χ1n) is 7.28. The van der Waals surface area contributed by atoms with Gasteiger partial charge in [0.05, 0.1) is 0 Å². The van der Waals surface area contributed by atoms with Gasteiger partial charge in [-0.3, -0.25) is 4.79 Å². The molecule has 21 heavy (non-hydrogen) atoms. The van der Waals surface area contributed by atoms with Crippen molar-refractivity contribution in [3.05, 3.63) is 29.6 Å². The van der Waals surface area contributed by atoms with Crippen molar-refractivity contribution >= 4 is 5.91 Å². The smallest absolute Gasteiger partial charge is 0.260 e. The van der Waals surface area contributed by atoms with Crippen molar-refractivity contribution in [2.75, 3.05) is 6.54 Å². The van der Waals surface area contributed by atoms with Gasteiger partial charge < -0.3 is 15.8 Å². The summed E-state index contributed by atoms with van der Waals surface area (Å²) in [5.74, 6) is 0.358. The molecular weight excluding hydrogens is 271 g/mol. The molecule has 1 aromatic carbocycles. The van der Waals surface area contributed by atoms with Crippen molar-refractivity contribution in [3.63, 3.8) is 0 Å². The molecule has 0 radical (unpaired) electrons. The lowest BCUT2D eigenvalue weighted by Crippen LogP contribution is -2.38. The van der Waals surface area contributed by atoms with Crippen LogP contribution in [0.4, 0.5) is 4.39 Å². The van der Waals surface area contributed by atoms with Crippen LogP contribution in [0.3, 0.4) is 0 Å². The fourth-order valence-corrected chi connectivity index (χ4v) is 1.86. The maximum absolute atomic E-state index is 13.3. The third kappa shape index (κ3) is 6.12. The average molecular weight is 296 g/mol. The normalized spacial score (nSPS) is 13.9. The number of ether oxygens (including phenoxy) is 1. The van der Waals surface area contributed by atoms with Crippen LogP contribution in [0.1, 0.15) is 33.3 Å². The Morgan fingerprint density at radius 2 is 2.00 bits per heavy atom. The number of carbonyl (C=O) groups is 1. The van der Waals surface area contributed by atoms with E-state index in [1.54, 1.807) is 13.0 Å². The summed E-state index contributed by atoms with van der Waals surface area (Å²) in [5.41, 5.74) is 6.43. The summed E-state index contributed by atoms with van der Waals surface area (Å²) >= 11 is 0. The minimum absolute atomic E-state index is 0.112. The summed E-state index contributed by atoms with van der Waals surface area (Å²) < 4.78 is 19.0. The summed E-state index contributed by atoms with van der Waals surface area (Å²) in [7, 11) is 0. The fraction of sp³-hybridized carbons (Fsp3) is 0.562. The van der Waals surface area contributed by atoms with Gasteiger partial charge in [-0.2, -0.15) is 0 Å². The zero-order valence-corrected chi connectivity index (χ0v) is 13.2. The van der Waals surface area contributed by atoms with Crippen LogP contribution >= 0.6 is 0 Å². The van der Waals surface area contributed by atoms with Gasteiger partial charge in [0.25, 0.3) is 5.91 Å². The van der Waals surface area contributed by atoms with E-state index >= 15 is 0 Å². The Balaban J connectivity index is 2.74. The molecule has 0 saturated carbocycles. The number of nitrogens with one attached hydrogen (secondary N) is 1. The highest BCUT2D eigenvalue weighted by atomic mass is 19.1. The molecule has 0 aliphatic rings. The number of hydrogen-bond donors (Lipinski definition) is 2. The Kier molecular flexibility index (Phi) is 6.62. The molecule has 0 heterocycles. The average Bonchev–Trinajstić information content (AvgIpc) is 2.38.